The van der Waals surface area contributed by atoms with E-state index in [9.17, 15) is 0 Å². The van der Waals surface area contributed by atoms with Gasteiger partial charge in [-0.3, -0.25) is 4.98 Å². The third kappa shape index (κ3) is 1.93. The van der Waals surface area contributed by atoms with Crippen LogP contribution in [-0.2, 0) is 6.42 Å². The number of nitrogens with zero attached hydrogens (tertiary/aromatic N) is 2. The first-order chi connectivity index (χ1) is 7.92. The molecule has 0 radical (unpaired) electrons. The Morgan fingerprint density at radius 1 is 1.44 bits per heavy atom. The van der Waals surface area contributed by atoms with Crippen molar-refractivity contribution in [2.45, 2.75) is 19.3 Å². The Balaban J connectivity index is 1.78. The molecule has 1 unspecified atom stereocenters. The molecular weight excluding hydrogens is 200 g/mol. The first-order valence-electron chi connectivity index (χ1n) is 5.91. The lowest BCUT2D eigenvalue weighted by Crippen LogP contribution is -2.31. The zero-order valence-electron chi connectivity index (χ0n) is 9.24. The molecule has 2 aromatic rings. The van der Waals surface area contributed by atoms with Gasteiger partial charge in [0.05, 0.1) is 17.2 Å². The Morgan fingerprint density at radius 3 is 3.25 bits per heavy atom. The number of aromatic amines is 1. The van der Waals surface area contributed by atoms with Crippen LogP contribution in [-0.4, -0.2) is 28.0 Å². The lowest BCUT2D eigenvalue weighted by Gasteiger charge is -2.21. The van der Waals surface area contributed by atoms with E-state index in [1.807, 2.05) is 12.3 Å². The molecule has 1 atom stereocenters. The minimum absolute atomic E-state index is 0.724. The maximum atomic E-state index is 4.58. The van der Waals surface area contributed by atoms with Crippen LogP contribution >= 0.6 is 0 Å². The van der Waals surface area contributed by atoms with Crippen molar-refractivity contribution in [3.05, 3.63) is 24.3 Å². The second-order valence-electron chi connectivity index (χ2n) is 4.49. The van der Waals surface area contributed by atoms with Gasteiger partial charge in [0.2, 0.25) is 0 Å². The summed E-state index contributed by atoms with van der Waals surface area (Å²) in [6, 6.07) is 1.95. The maximum absolute atomic E-state index is 4.58. The zero-order valence-corrected chi connectivity index (χ0v) is 9.24. The van der Waals surface area contributed by atoms with E-state index in [0.717, 1.165) is 35.7 Å². The summed E-state index contributed by atoms with van der Waals surface area (Å²) < 4.78 is 0. The van der Waals surface area contributed by atoms with Crippen LogP contribution in [0.25, 0.3) is 11.0 Å². The van der Waals surface area contributed by atoms with Crippen molar-refractivity contribution < 1.29 is 0 Å². The molecule has 1 saturated heterocycles. The molecule has 0 amide bonds. The summed E-state index contributed by atoms with van der Waals surface area (Å²) in [6.07, 6.45) is 7.26. The van der Waals surface area contributed by atoms with Crippen molar-refractivity contribution in [3.63, 3.8) is 0 Å². The zero-order chi connectivity index (χ0) is 10.8. The fourth-order valence-electron chi connectivity index (χ4n) is 2.38. The van der Waals surface area contributed by atoms with Gasteiger partial charge in [0.1, 0.15) is 5.82 Å². The van der Waals surface area contributed by atoms with E-state index in [2.05, 4.69) is 20.3 Å². The highest BCUT2D eigenvalue weighted by Crippen LogP contribution is 2.16. The summed E-state index contributed by atoms with van der Waals surface area (Å²) >= 11 is 0. The molecule has 0 saturated carbocycles. The largest absolute Gasteiger partial charge is 0.341 e. The Bertz CT molecular complexity index is 438. The molecule has 0 aromatic carbocycles. The Hall–Kier alpha value is -1.42. The van der Waals surface area contributed by atoms with Crippen LogP contribution in [0, 0.1) is 5.92 Å². The number of hydrogen-bond donors (Lipinski definition) is 2. The van der Waals surface area contributed by atoms with Crippen molar-refractivity contribution in [1.29, 1.82) is 0 Å². The van der Waals surface area contributed by atoms with Gasteiger partial charge in [-0.1, -0.05) is 0 Å². The fraction of sp³-hybridized carbons (Fsp3) is 0.500. The minimum Gasteiger partial charge on any atom is -0.341 e. The van der Waals surface area contributed by atoms with Gasteiger partial charge in [-0.2, -0.15) is 0 Å². The molecule has 84 valence electrons. The van der Waals surface area contributed by atoms with E-state index in [1.165, 1.54) is 19.4 Å². The molecule has 16 heavy (non-hydrogen) atoms. The van der Waals surface area contributed by atoms with E-state index < -0.39 is 0 Å². The average molecular weight is 216 g/mol. The van der Waals surface area contributed by atoms with Gasteiger partial charge in [0, 0.05) is 12.6 Å². The molecule has 0 bridgehead atoms. The number of piperidine rings is 1. The minimum atomic E-state index is 0.724. The topological polar surface area (TPSA) is 53.6 Å². The number of aromatic nitrogens is 3. The van der Waals surface area contributed by atoms with Crippen LogP contribution in [0.15, 0.2) is 18.5 Å². The van der Waals surface area contributed by atoms with E-state index >= 15 is 0 Å². The summed E-state index contributed by atoms with van der Waals surface area (Å²) in [5.41, 5.74) is 2.06. The average Bonchev–Trinajstić information content (AvgIpc) is 2.72. The predicted octanol–water partition coefficient (Wildman–Crippen LogP) is 1.50. The predicted molar refractivity (Wildman–Crippen MR) is 63.2 cm³/mol. The van der Waals surface area contributed by atoms with Crippen LogP contribution in [0.3, 0.4) is 0 Å². The number of imidazole rings is 1. The first kappa shape index (κ1) is 9.78. The molecule has 3 heterocycles. The lowest BCUT2D eigenvalue weighted by atomic mass is 9.96. The molecular formula is C12H16N4. The number of nitrogens with one attached hydrogen (secondary N) is 2. The van der Waals surface area contributed by atoms with Crippen molar-refractivity contribution in [2.75, 3.05) is 13.1 Å². The summed E-state index contributed by atoms with van der Waals surface area (Å²) in [5, 5.41) is 3.43. The van der Waals surface area contributed by atoms with Crippen molar-refractivity contribution in [2.24, 2.45) is 5.92 Å². The molecule has 2 N–H and O–H groups in total. The highest BCUT2D eigenvalue weighted by Gasteiger charge is 2.15. The fourth-order valence-corrected chi connectivity index (χ4v) is 2.38. The van der Waals surface area contributed by atoms with Gasteiger partial charge >= 0.3 is 0 Å². The second kappa shape index (κ2) is 4.22. The van der Waals surface area contributed by atoms with Crippen molar-refractivity contribution in [3.8, 4) is 0 Å². The summed E-state index contributed by atoms with van der Waals surface area (Å²) in [5.74, 6) is 1.82. The van der Waals surface area contributed by atoms with Gasteiger partial charge in [-0.05, 0) is 37.9 Å². The Kier molecular flexibility index (Phi) is 2.58. The van der Waals surface area contributed by atoms with E-state index in [-0.39, 0.29) is 0 Å². The van der Waals surface area contributed by atoms with Gasteiger partial charge in [0.15, 0.2) is 0 Å². The van der Waals surface area contributed by atoms with Crippen LogP contribution < -0.4 is 5.32 Å². The summed E-state index contributed by atoms with van der Waals surface area (Å²) in [4.78, 5) is 12.0. The van der Waals surface area contributed by atoms with Gasteiger partial charge in [-0.25, -0.2) is 4.98 Å². The van der Waals surface area contributed by atoms with E-state index in [4.69, 9.17) is 0 Å². The molecule has 2 aromatic heterocycles. The van der Waals surface area contributed by atoms with Gasteiger partial charge in [-0.15, -0.1) is 0 Å². The van der Waals surface area contributed by atoms with Crippen molar-refractivity contribution in [1.82, 2.24) is 20.3 Å². The standard InChI is InChI=1S/C12H16N4/c1-2-9(7-13-4-1)6-12-15-10-3-5-14-8-11(10)16-12/h3,5,8-9,13H,1-2,4,6-7H2,(H,15,16). The SMILES string of the molecule is c1cc2nc(CC3CCCNC3)[nH]c2cn1. The molecule has 3 rings (SSSR count). The first-order valence-corrected chi connectivity index (χ1v) is 5.91. The van der Waals surface area contributed by atoms with E-state index in [1.54, 1.807) is 6.20 Å². The van der Waals surface area contributed by atoms with Crippen LogP contribution in [0.5, 0.6) is 0 Å². The molecule has 1 aliphatic heterocycles. The maximum Gasteiger partial charge on any atom is 0.107 e. The summed E-state index contributed by atoms with van der Waals surface area (Å²) in [6.45, 7) is 2.29. The number of rotatable bonds is 2. The van der Waals surface area contributed by atoms with Crippen LogP contribution in [0.1, 0.15) is 18.7 Å². The molecule has 4 nitrogen and oxygen atoms in total. The van der Waals surface area contributed by atoms with E-state index in [0.29, 0.717) is 0 Å². The second-order valence-corrected chi connectivity index (χ2v) is 4.49. The number of hydrogen-bond acceptors (Lipinski definition) is 3. The number of H-pyrrole nitrogens is 1. The molecule has 0 aliphatic carbocycles. The van der Waals surface area contributed by atoms with Crippen LogP contribution in [0.2, 0.25) is 0 Å². The highest BCUT2D eigenvalue weighted by molar-refractivity contribution is 5.73. The van der Waals surface area contributed by atoms with Gasteiger partial charge < -0.3 is 10.3 Å². The van der Waals surface area contributed by atoms with Gasteiger partial charge in [0.25, 0.3) is 0 Å². The Labute approximate surface area is 94.5 Å². The smallest absolute Gasteiger partial charge is 0.107 e. The van der Waals surface area contributed by atoms with Crippen LogP contribution in [0.4, 0.5) is 0 Å². The molecule has 4 heteroatoms. The molecule has 1 fully saturated rings. The molecule has 1 aliphatic rings. The quantitative estimate of drug-likeness (QED) is 0.800. The third-order valence-electron chi connectivity index (χ3n) is 3.21. The Morgan fingerprint density at radius 2 is 2.44 bits per heavy atom. The monoisotopic (exact) mass is 216 g/mol. The normalized spacial score (nSPS) is 21.4. The number of fused-ring (bicyclic) bond motifs is 1. The number of pyridine rings is 1. The summed E-state index contributed by atoms with van der Waals surface area (Å²) in [7, 11) is 0. The third-order valence-corrected chi connectivity index (χ3v) is 3.21. The lowest BCUT2D eigenvalue weighted by molar-refractivity contribution is 0.371. The molecule has 0 spiro atoms. The highest BCUT2D eigenvalue weighted by atomic mass is 14.9. The van der Waals surface area contributed by atoms with Crippen molar-refractivity contribution >= 4 is 11.0 Å².